The van der Waals surface area contributed by atoms with E-state index in [1.54, 1.807) is 18.2 Å². The SMILES string of the molecule is C#Cc1cccc(NS(=O)(=O)c2cc(Br)c(F)cc2N)c1. The Balaban J connectivity index is 2.43. The predicted molar refractivity (Wildman–Crippen MR) is 83.7 cm³/mol. The maximum Gasteiger partial charge on any atom is 0.263 e. The molecule has 3 N–H and O–H groups in total. The summed E-state index contributed by atoms with van der Waals surface area (Å²) in [5, 5.41) is 0. The molecule has 108 valence electrons. The molecule has 2 aromatic rings. The van der Waals surface area contributed by atoms with Gasteiger partial charge in [-0.15, -0.1) is 6.42 Å². The van der Waals surface area contributed by atoms with Crippen LogP contribution in [0.3, 0.4) is 0 Å². The number of halogens is 2. The normalized spacial score (nSPS) is 10.9. The molecule has 0 amide bonds. The quantitative estimate of drug-likeness (QED) is 0.646. The van der Waals surface area contributed by atoms with Gasteiger partial charge in [0, 0.05) is 5.56 Å². The van der Waals surface area contributed by atoms with Crippen LogP contribution in [0.2, 0.25) is 0 Å². The average Bonchev–Trinajstić information content (AvgIpc) is 2.42. The molecule has 0 spiro atoms. The number of sulfonamides is 1. The van der Waals surface area contributed by atoms with Crippen LogP contribution in [0.15, 0.2) is 45.8 Å². The van der Waals surface area contributed by atoms with Crippen LogP contribution < -0.4 is 10.5 Å². The molecular formula is C14H10BrFN2O2S. The number of nitrogen functional groups attached to an aromatic ring is 1. The van der Waals surface area contributed by atoms with Crippen LogP contribution >= 0.6 is 15.9 Å². The lowest BCUT2D eigenvalue weighted by atomic mass is 10.2. The van der Waals surface area contributed by atoms with E-state index in [4.69, 9.17) is 12.2 Å². The lowest BCUT2D eigenvalue weighted by Crippen LogP contribution is -2.15. The number of anilines is 2. The fraction of sp³-hybridized carbons (Fsp3) is 0. The molecule has 0 bridgehead atoms. The van der Waals surface area contributed by atoms with Gasteiger partial charge in [0.15, 0.2) is 0 Å². The van der Waals surface area contributed by atoms with Gasteiger partial charge >= 0.3 is 0 Å². The molecule has 2 rings (SSSR count). The van der Waals surface area contributed by atoms with Crippen molar-refractivity contribution in [3.05, 3.63) is 52.3 Å². The highest BCUT2D eigenvalue weighted by atomic mass is 79.9. The van der Waals surface area contributed by atoms with E-state index in [9.17, 15) is 12.8 Å². The molecule has 0 fully saturated rings. The Morgan fingerprint density at radius 1 is 1.29 bits per heavy atom. The third-order valence-corrected chi connectivity index (χ3v) is 4.67. The molecule has 4 nitrogen and oxygen atoms in total. The van der Waals surface area contributed by atoms with Crippen molar-refractivity contribution in [2.75, 3.05) is 10.5 Å². The van der Waals surface area contributed by atoms with Crippen molar-refractivity contribution in [3.8, 4) is 12.3 Å². The zero-order valence-corrected chi connectivity index (χ0v) is 13.0. The summed E-state index contributed by atoms with van der Waals surface area (Å²) in [5.74, 6) is 1.77. The van der Waals surface area contributed by atoms with Crippen LogP contribution in [0.25, 0.3) is 0 Å². The smallest absolute Gasteiger partial charge is 0.263 e. The van der Waals surface area contributed by atoms with Gasteiger partial charge in [-0.2, -0.15) is 0 Å². The van der Waals surface area contributed by atoms with Crippen LogP contribution in [0.5, 0.6) is 0 Å². The van der Waals surface area contributed by atoms with Crippen molar-refractivity contribution in [2.45, 2.75) is 4.90 Å². The Labute approximate surface area is 130 Å². The summed E-state index contributed by atoms with van der Waals surface area (Å²) in [4.78, 5) is -0.220. The molecule has 0 saturated heterocycles. The van der Waals surface area contributed by atoms with Crippen LogP contribution in [0, 0.1) is 18.2 Å². The molecule has 0 heterocycles. The van der Waals surface area contributed by atoms with E-state index >= 15 is 0 Å². The van der Waals surface area contributed by atoms with Crippen molar-refractivity contribution in [1.82, 2.24) is 0 Å². The van der Waals surface area contributed by atoms with E-state index in [0.29, 0.717) is 11.3 Å². The highest BCUT2D eigenvalue weighted by Crippen LogP contribution is 2.27. The molecule has 7 heteroatoms. The molecule has 0 aliphatic rings. The van der Waals surface area contributed by atoms with E-state index in [1.807, 2.05) is 0 Å². The van der Waals surface area contributed by atoms with Crippen LogP contribution in [-0.4, -0.2) is 8.42 Å². The molecule has 0 saturated carbocycles. The largest absolute Gasteiger partial charge is 0.398 e. The minimum absolute atomic E-state index is 0.00875. The number of hydrogen-bond acceptors (Lipinski definition) is 3. The van der Waals surface area contributed by atoms with Gasteiger partial charge in [0.25, 0.3) is 10.0 Å². The molecule has 0 unspecified atom stereocenters. The maximum atomic E-state index is 13.3. The highest BCUT2D eigenvalue weighted by Gasteiger charge is 2.20. The van der Waals surface area contributed by atoms with Crippen molar-refractivity contribution in [2.24, 2.45) is 0 Å². The lowest BCUT2D eigenvalue weighted by Gasteiger charge is -2.11. The molecule has 0 aliphatic heterocycles. The molecule has 2 aromatic carbocycles. The van der Waals surface area contributed by atoms with Gasteiger partial charge in [0.05, 0.1) is 15.8 Å². The first-order valence-electron chi connectivity index (χ1n) is 5.67. The molecule has 0 aromatic heterocycles. The summed E-state index contributed by atoms with van der Waals surface area (Å²) in [6.45, 7) is 0. The first kappa shape index (κ1) is 15.4. The second-order valence-electron chi connectivity index (χ2n) is 4.13. The second-order valence-corrected chi connectivity index (χ2v) is 6.64. The Morgan fingerprint density at radius 2 is 2.00 bits per heavy atom. The first-order valence-corrected chi connectivity index (χ1v) is 7.95. The summed E-state index contributed by atoms with van der Waals surface area (Å²) in [6, 6.07) is 8.39. The summed E-state index contributed by atoms with van der Waals surface area (Å²) >= 11 is 2.93. The molecule has 0 atom stereocenters. The Hall–Kier alpha value is -2.04. The number of hydrogen-bond donors (Lipinski definition) is 2. The fourth-order valence-corrected chi connectivity index (χ4v) is 3.34. The summed E-state index contributed by atoms with van der Waals surface area (Å²) in [6.07, 6.45) is 5.26. The molecule has 21 heavy (non-hydrogen) atoms. The van der Waals surface area contributed by atoms with E-state index in [-0.39, 0.29) is 15.1 Å². The Morgan fingerprint density at radius 3 is 2.67 bits per heavy atom. The van der Waals surface area contributed by atoms with Gasteiger partial charge in [0.1, 0.15) is 10.7 Å². The highest BCUT2D eigenvalue weighted by molar-refractivity contribution is 9.10. The molecule has 0 radical (unpaired) electrons. The zero-order valence-electron chi connectivity index (χ0n) is 10.6. The average molecular weight is 369 g/mol. The lowest BCUT2D eigenvalue weighted by molar-refractivity contribution is 0.599. The predicted octanol–water partition coefficient (Wildman–Crippen LogP) is 2.95. The number of terminal acetylenes is 1. The van der Waals surface area contributed by atoms with Gasteiger partial charge in [-0.1, -0.05) is 12.0 Å². The third-order valence-electron chi connectivity index (χ3n) is 2.62. The van der Waals surface area contributed by atoms with E-state index in [1.165, 1.54) is 6.07 Å². The maximum absolute atomic E-state index is 13.3. The van der Waals surface area contributed by atoms with Crippen molar-refractivity contribution in [1.29, 1.82) is 0 Å². The topological polar surface area (TPSA) is 72.2 Å². The summed E-state index contributed by atoms with van der Waals surface area (Å²) in [5.41, 5.74) is 6.22. The van der Waals surface area contributed by atoms with Gasteiger partial charge in [0.2, 0.25) is 0 Å². The summed E-state index contributed by atoms with van der Waals surface area (Å²) < 4.78 is 40.3. The number of nitrogens with one attached hydrogen (secondary N) is 1. The third kappa shape index (κ3) is 3.35. The first-order chi connectivity index (χ1) is 9.83. The van der Waals surface area contributed by atoms with Crippen molar-refractivity contribution < 1.29 is 12.8 Å². The Kier molecular flexibility index (Phi) is 4.21. The minimum atomic E-state index is -3.95. The van der Waals surface area contributed by atoms with Crippen LogP contribution in [0.1, 0.15) is 5.56 Å². The fourth-order valence-electron chi connectivity index (χ4n) is 1.66. The second kappa shape index (κ2) is 5.76. The minimum Gasteiger partial charge on any atom is -0.398 e. The van der Waals surface area contributed by atoms with E-state index in [0.717, 1.165) is 12.1 Å². The molecule has 0 aliphatic carbocycles. The number of benzene rings is 2. The standard InChI is InChI=1S/C14H10BrFN2O2S/c1-2-9-4-3-5-10(6-9)18-21(19,20)14-7-11(15)12(16)8-13(14)17/h1,3-8,18H,17H2. The van der Waals surface area contributed by atoms with E-state index in [2.05, 4.69) is 26.6 Å². The van der Waals surface area contributed by atoms with Crippen molar-refractivity contribution >= 4 is 37.3 Å². The molecular weight excluding hydrogens is 359 g/mol. The monoisotopic (exact) mass is 368 g/mol. The van der Waals surface area contributed by atoms with Gasteiger partial charge in [-0.25, -0.2) is 12.8 Å². The van der Waals surface area contributed by atoms with Gasteiger partial charge < -0.3 is 5.73 Å². The van der Waals surface area contributed by atoms with Gasteiger partial charge in [-0.3, -0.25) is 4.72 Å². The van der Waals surface area contributed by atoms with Crippen LogP contribution in [0.4, 0.5) is 15.8 Å². The summed E-state index contributed by atoms with van der Waals surface area (Å²) in [7, 11) is -3.95. The number of rotatable bonds is 3. The van der Waals surface area contributed by atoms with Crippen LogP contribution in [-0.2, 0) is 10.0 Å². The van der Waals surface area contributed by atoms with Crippen molar-refractivity contribution in [3.63, 3.8) is 0 Å². The zero-order chi connectivity index (χ0) is 15.6. The Bertz CT molecular complexity index is 845. The van der Waals surface area contributed by atoms with Gasteiger partial charge in [-0.05, 0) is 46.3 Å². The van der Waals surface area contributed by atoms with E-state index < -0.39 is 15.8 Å². The number of nitrogens with two attached hydrogens (primary N) is 1.